The first kappa shape index (κ1) is 28.7. The van der Waals surface area contributed by atoms with E-state index in [4.69, 9.17) is 0 Å². The lowest BCUT2D eigenvalue weighted by Gasteiger charge is -2.18. The Kier molecular flexibility index (Phi) is 9.38. The lowest BCUT2D eigenvalue weighted by molar-refractivity contribution is -0.122. The van der Waals surface area contributed by atoms with Gasteiger partial charge in [-0.1, -0.05) is 43.3 Å². The number of hydrogen-bond donors (Lipinski definition) is 2. The van der Waals surface area contributed by atoms with Gasteiger partial charge in [0.1, 0.15) is 0 Å². The molecule has 3 rings (SSSR count). The standard InChI is InChI=1S/C26H35N5O4S2/c1-7-30(8-2)37(34,35)20-10-11-22-21(14-20)28-26(31(22)9-3)36-16-24(33)27-15-23(32)29-25-18(5)12-17(4)13-19(25)6/h10-14H,7-9,15-16H2,1-6H3,(H,27,33)(H,29,32). The lowest BCUT2D eigenvalue weighted by atomic mass is 10.1. The molecule has 37 heavy (non-hydrogen) atoms. The quantitative estimate of drug-likeness (QED) is 0.354. The Hall–Kier alpha value is -2.89. The van der Waals surface area contributed by atoms with Crippen LogP contribution in [0.5, 0.6) is 0 Å². The van der Waals surface area contributed by atoms with E-state index in [0.717, 1.165) is 27.9 Å². The van der Waals surface area contributed by atoms with Gasteiger partial charge in [-0.15, -0.1) is 0 Å². The summed E-state index contributed by atoms with van der Waals surface area (Å²) in [5.74, 6) is -0.516. The van der Waals surface area contributed by atoms with Gasteiger partial charge in [0.2, 0.25) is 21.8 Å². The second kappa shape index (κ2) is 12.1. The number of nitrogens with one attached hydrogen (secondary N) is 2. The van der Waals surface area contributed by atoms with Gasteiger partial charge >= 0.3 is 0 Å². The Bertz CT molecular complexity index is 1390. The Morgan fingerprint density at radius 1 is 1.00 bits per heavy atom. The number of imidazole rings is 1. The van der Waals surface area contributed by atoms with Crippen LogP contribution in [0.1, 0.15) is 37.5 Å². The van der Waals surface area contributed by atoms with Crippen molar-refractivity contribution < 1.29 is 18.0 Å². The summed E-state index contributed by atoms with van der Waals surface area (Å²) in [6.45, 7) is 12.7. The minimum atomic E-state index is -3.60. The maximum Gasteiger partial charge on any atom is 0.243 e. The van der Waals surface area contributed by atoms with Crippen LogP contribution in [0.3, 0.4) is 0 Å². The summed E-state index contributed by atoms with van der Waals surface area (Å²) in [6, 6.07) is 8.94. The zero-order chi connectivity index (χ0) is 27.3. The molecule has 11 heteroatoms. The molecule has 0 saturated heterocycles. The predicted molar refractivity (Wildman–Crippen MR) is 149 cm³/mol. The third-order valence-electron chi connectivity index (χ3n) is 6.06. The van der Waals surface area contributed by atoms with Gasteiger partial charge in [-0.3, -0.25) is 9.59 Å². The number of thioether (sulfide) groups is 1. The molecule has 0 spiro atoms. The van der Waals surface area contributed by atoms with Gasteiger partial charge in [0, 0.05) is 25.3 Å². The van der Waals surface area contributed by atoms with Crippen molar-refractivity contribution in [1.82, 2.24) is 19.2 Å². The number of aryl methyl sites for hydroxylation is 4. The Morgan fingerprint density at radius 2 is 1.65 bits per heavy atom. The monoisotopic (exact) mass is 545 g/mol. The summed E-state index contributed by atoms with van der Waals surface area (Å²) in [6.07, 6.45) is 0. The molecule has 0 radical (unpaired) electrons. The molecule has 0 saturated carbocycles. The first-order valence-corrected chi connectivity index (χ1v) is 14.7. The number of sulfonamides is 1. The number of carbonyl (C=O) groups is 2. The topological polar surface area (TPSA) is 113 Å². The number of hydrogen-bond acceptors (Lipinski definition) is 6. The summed E-state index contributed by atoms with van der Waals surface area (Å²) < 4.78 is 29.2. The van der Waals surface area contributed by atoms with Crippen molar-refractivity contribution in [2.24, 2.45) is 0 Å². The summed E-state index contributed by atoms with van der Waals surface area (Å²) >= 11 is 1.24. The normalized spacial score (nSPS) is 11.8. The van der Waals surface area contributed by atoms with Crippen molar-refractivity contribution in [1.29, 1.82) is 0 Å². The van der Waals surface area contributed by atoms with Gasteiger partial charge in [0.25, 0.3) is 0 Å². The van der Waals surface area contributed by atoms with E-state index in [1.165, 1.54) is 16.1 Å². The van der Waals surface area contributed by atoms with Crippen molar-refractivity contribution in [2.75, 3.05) is 30.7 Å². The second-order valence-electron chi connectivity index (χ2n) is 8.77. The van der Waals surface area contributed by atoms with E-state index >= 15 is 0 Å². The van der Waals surface area contributed by atoms with Crippen LogP contribution in [0.2, 0.25) is 0 Å². The zero-order valence-corrected chi connectivity index (χ0v) is 23.8. The highest BCUT2D eigenvalue weighted by Crippen LogP contribution is 2.27. The number of anilines is 1. The molecule has 0 fully saturated rings. The molecule has 0 unspecified atom stereocenters. The van der Waals surface area contributed by atoms with Crippen LogP contribution in [-0.2, 0) is 26.2 Å². The van der Waals surface area contributed by atoms with E-state index in [9.17, 15) is 18.0 Å². The first-order chi connectivity index (χ1) is 17.5. The smallest absolute Gasteiger partial charge is 0.243 e. The summed E-state index contributed by atoms with van der Waals surface area (Å²) in [5.41, 5.74) is 5.18. The van der Waals surface area contributed by atoms with E-state index in [1.807, 2.05) is 44.4 Å². The van der Waals surface area contributed by atoms with E-state index < -0.39 is 10.0 Å². The Labute approximate surface area is 223 Å². The largest absolute Gasteiger partial charge is 0.346 e. The fourth-order valence-corrected chi connectivity index (χ4v) is 6.68. The highest BCUT2D eigenvalue weighted by molar-refractivity contribution is 7.99. The Morgan fingerprint density at radius 3 is 2.24 bits per heavy atom. The van der Waals surface area contributed by atoms with Crippen LogP contribution in [-0.4, -0.2) is 59.5 Å². The number of nitrogens with zero attached hydrogens (tertiary/aromatic N) is 3. The van der Waals surface area contributed by atoms with Crippen LogP contribution in [0.4, 0.5) is 5.69 Å². The van der Waals surface area contributed by atoms with Gasteiger partial charge in [-0.2, -0.15) is 4.31 Å². The average molecular weight is 546 g/mol. The number of carbonyl (C=O) groups excluding carboxylic acids is 2. The average Bonchev–Trinajstić information content (AvgIpc) is 3.21. The number of rotatable bonds is 11. The van der Waals surface area contributed by atoms with Crippen LogP contribution >= 0.6 is 11.8 Å². The number of amides is 2. The molecule has 0 aliphatic heterocycles. The molecule has 200 valence electrons. The van der Waals surface area contributed by atoms with E-state index in [-0.39, 0.29) is 29.0 Å². The van der Waals surface area contributed by atoms with Gasteiger partial charge < -0.3 is 15.2 Å². The number of benzene rings is 2. The lowest BCUT2D eigenvalue weighted by Crippen LogP contribution is -2.34. The molecule has 0 aliphatic carbocycles. The zero-order valence-electron chi connectivity index (χ0n) is 22.2. The SMILES string of the molecule is CCN(CC)S(=O)(=O)c1ccc2c(c1)nc(SCC(=O)NCC(=O)Nc1c(C)cc(C)cc1C)n2CC. The maximum absolute atomic E-state index is 12.9. The number of aromatic nitrogens is 2. The predicted octanol–water partition coefficient (Wildman–Crippen LogP) is 3.86. The van der Waals surface area contributed by atoms with E-state index in [2.05, 4.69) is 15.6 Å². The van der Waals surface area contributed by atoms with Crippen LogP contribution < -0.4 is 10.6 Å². The van der Waals surface area contributed by atoms with Crippen LogP contribution in [0.25, 0.3) is 11.0 Å². The summed E-state index contributed by atoms with van der Waals surface area (Å²) in [4.78, 5) is 29.7. The van der Waals surface area contributed by atoms with Gasteiger partial charge in [0.15, 0.2) is 5.16 Å². The van der Waals surface area contributed by atoms with Crippen molar-refractivity contribution in [3.05, 3.63) is 47.0 Å². The molecule has 9 nitrogen and oxygen atoms in total. The van der Waals surface area contributed by atoms with Gasteiger partial charge in [-0.05, 0) is 57.0 Å². The third kappa shape index (κ3) is 6.52. The minimum absolute atomic E-state index is 0.0732. The van der Waals surface area contributed by atoms with Crippen LogP contribution in [0, 0.1) is 20.8 Å². The highest BCUT2D eigenvalue weighted by Gasteiger charge is 2.23. The molecule has 0 bridgehead atoms. The molecule has 0 aliphatic rings. The van der Waals surface area contributed by atoms with Crippen molar-refractivity contribution in [3.63, 3.8) is 0 Å². The Balaban J connectivity index is 1.65. The van der Waals surface area contributed by atoms with E-state index in [1.54, 1.807) is 32.0 Å². The molecule has 0 atom stereocenters. The fraction of sp³-hybridized carbons (Fsp3) is 0.423. The molecular formula is C26H35N5O4S2. The maximum atomic E-state index is 12.9. The molecule has 2 aromatic carbocycles. The molecule has 2 amide bonds. The molecule has 1 heterocycles. The van der Waals surface area contributed by atoms with Crippen molar-refractivity contribution in [2.45, 2.75) is 58.1 Å². The highest BCUT2D eigenvalue weighted by atomic mass is 32.2. The summed E-state index contributed by atoms with van der Waals surface area (Å²) in [7, 11) is -3.60. The second-order valence-corrected chi connectivity index (χ2v) is 11.6. The van der Waals surface area contributed by atoms with Crippen molar-refractivity contribution >= 4 is 50.3 Å². The number of fused-ring (bicyclic) bond motifs is 1. The van der Waals surface area contributed by atoms with Gasteiger partial charge in [-0.25, -0.2) is 13.4 Å². The first-order valence-electron chi connectivity index (χ1n) is 12.3. The molecule has 3 aromatic rings. The van der Waals surface area contributed by atoms with Crippen LogP contribution in [0.15, 0.2) is 40.4 Å². The third-order valence-corrected chi connectivity index (χ3v) is 9.09. The summed E-state index contributed by atoms with van der Waals surface area (Å²) in [5, 5.41) is 6.14. The molecule has 2 N–H and O–H groups in total. The van der Waals surface area contributed by atoms with Crippen molar-refractivity contribution in [3.8, 4) is 0 Å². The minimum Gasteiger partial charge on any atom is -0.346 e. The fourth-order valence-electron chi connectivity index (χ4n) is 4.30. The molecule has 1 aromatic heterocycles. The molecular weight excluding hydrogens is 510 g/mol. The van der Waals surface area contributed by atoms with E-state index in [0.29, 0.717) is 30.3 Å². The van der Waals surface area contributed by atoms with Gasteiger partial charge in [0.05, 0.1) is 28.2 Å².